The molecule has 1 heterocycles. The number of nitrogen functional groups attached to an aromatic ring is 1. The first-order valence-corrected chi connectivity index (χ1v) is 6.72. The number of amides is 1. The van der Waals surface area contributed by atoms with E-state index in [2.05, 4.69) is 17.2 Å². The van der Waals surface area contributed by atoms with E-state index in [0.29, 0.717) is 17.6 Å². The van der Waals surface area contributed by atoms with E-state index in [9.17, 15) is 4.79 Å². The van der Waals surface area contributed by atoms with Gasteiger partial charge in [0.1, 0.15) is 11.5 Å². The van der Waals surface area contributed by atoms with Gasteiger partial charge >= 0.3 is 0 Å². The Balaban J connectivity index is 1.95. The van der Waals surface area contributed by atoms with Gasteiger partial charge in [-0.2, -0.15) is 0 Å². The summed E-state index contributed by atoms with van der Waals surface area (Å²) < 4.78 is 0. The van der Waals surface area contributed by atoms with E-state index in [4.69, 9.17) is 5.73 Å². The molecule has 1 saturated carbocycles. The van der Waals surface area contributed by atoms with Crippen LogP contribution in [-0.4, -0.2) is 16.9 Å². The molecular formula is C14H21N3O. The average molecular weight is 247 g/mol. The molecule has 2 rings (SSSR count). The molecular weight excluding hydrogens is 226 g/mol. The number of hydrogen-bond acceptors (Lipinski definition) is 3. The predicted octanol–water partition coefficient (Wildman–Crippen LogP) is 2.36. The van der Waals surface area contributed by atoms with Gasteiger partial charge in [-0.1, -0.05) is 32.3 Å². The van der Waals surface area contributed by atoms with Gasteiger partial charge in [0.05, 0.1) is 0 Å². The Morgan fingerprint density at radius 3 is 3.06 bits per heavy atom. The molecule has 0 spiro atoms. The molecule has 4 heteroatoms. The van der Waals surface area contributed by atoms with Crippen LogP contribution in [0.4, 0.5) is 5.82 Å². The van der Waals surface area contributed by atoms with Crippen LogP contribution in [0.25, 0.3) is 0 Å². The van der Waals surface area contributed by atoms with Gasteiger partial charge in [0.15, 0.2) is 0 Å². The number of rotatable bonds is 3. The molecule has 18 heavy (non-hydrogen) atoms. The lowest BCUT2D eigenvalue weighted by atomic mass is 9.84. The third-order valence-electron chi connectivity index (χ3n) is 3.70. The first-order valence-electron chi connectivity index (χ1n) is 6.72. The van der Waals surface area contributed by atoms with Crippen molar-refractivity contribution in [2.75, 3.05) is 5.73 Å². The van der Waals surface area contributed by atoms with Crippen molar-refractivity contribution in [1.29, 1.82) is 0 Å². The van der Waals surface area contributed by atoms with Crippen molar-refractivity contribution < 1.29 is 4.79 Å². The molecule has 1 fully saturated rings. The van der Waals surface area contributed by atoms with E-state index in [1.807, 2.05) is 0 Å². The Morgan fingerprint density at radius 1 is 1.50 bits per heavy atom. The van der Waals surface area contributed by atoms with E-state index in [1.54, 1.807) is 18.2 Å². The van der Waals surface area contributed by atoms with Gasteiger partial charge in [-0.05, 0) is 30.9 Å². The SMILES string of the molecule is CCC1CCCC(NC(=O)c2cccc(N)n2)C1. The molecule has 0 saturated heterocycles. The summed E-state index contributed by atoms with van der Waals surface area (Å²) in [6.45, 7) is 2.22. The minimum atomic E-state index is -0.107. The van der Waals surface area contributed by atoms with Crippen molar-refractivity contribution in [2.45, 2.75) is 45.1 Å². The summed E-state index contributed by atoms with van der Waals surface area (Å²) in [5.74, 6) is 1.03. The van der Waals surface area contributed by atoms with Crippen molar-refractivity contribution in [3.05, 3.63) is 23.9 Å². The Kier molecular flexibility index (Phi) is 4.18. The predicted molar refractivity (Wildman–Crippen MR) is 72.2 cm³/mol. The van der Waals surface area contributed by atoms with Crippen LogP contribution in [0, 0.1) is 5.92 Å². The maximum atomic E-state index is 12.0. The fourth-order valence-corrected chi connectivity index (χ4v) is 2.63. The van der Waals surface area contributed by atoms with Crippen LogP contribution < -0.4 is 11.1 Å². The highest BCUT2D eigenvalue weighted by molar-refractivity contribution is 5.92. The zero-order chi connectivity index (χ0) is 13.0. The summed E-state index contributed by atoms with van der Waals surface area (Å²) in [5, 5.41) is 3.07. The molecule has 2 atom stereocenters. The molecule has 1 aromatic heterocycles. The van der Waals surface area contributed by atoms with Crippen molar-refractivity contribution in [3.63, 3.8) is 0 Å². The van der Waals surface area contributed by atoms with Gasteiger partial charge in [-0.25, -0.2) is 4.98 Å². The molecule has 4 nitrogen and oxygen atoms in total. The van der Waals surface area contributed by atoms with Gasteiger partial charge in [0.2, 0.25) is 0 Å². The fraction of sp³-hybridized carbons (Fsp3) is 0.571. The summed E-state index contributed by atoms with van der Waals surface area (Å²) in [4.78, 5) is 16.1. The number of anilines is 1. The van der Waals surface area contributed by atoms with Crippen molar-refractivity contribution in [3.8, 4) is 0 Å². The minimum absolute atomic E-state index is 0.107. The number of carbonyl (C=O) groups excluding carboxylic acids is 1. The zero-order valence-electron chi connectivity index (χ0n) is 10.9. The topological polar surface area (TPSA) is 68.0 Å². The summed E-state index contributed by atoms with van der Waals surface area (Å²) in [7, 11) is 0. The Morgan fingerprint density at radius 2 is 2.33 bits per heavy atom. The maximum absolute atomic E-state index is 12.0. The molecule has 3 N–H and O–H groups in total. The first kappa shape index (κ1) is 12.9. The first-order chi connectivity index (χ1) is 8.69. The van der Waals surface area contributed by atoms with Gasteiger partial charge in [-0.15, -0.1) is 0 Å². The summed E-state index contributed by atoms with van der Waals surface area (Å²) in [5.41, 5.74) is 5.99. The summed E-state index contributed by atoms with van der Waals surface area (Å²) in [6, 6.07) is 5.43. The van der Waals surface area contributed by atoms with Crippen LogP contribution >= 0.6 is 0 Å². The molecule has 1 aromatic rings. The molecule has 2 unspecified atom stereocenters. The third-order valence-corrected chi connectivity index (χ3v) is 3.70. The maximum Gasteiger partial charge on any atom is 0.270 e. The molecule has 1 aliphatic carbocycles. The van der Waals surface area contributed by atoms with Gasteiger partial charge in [0.25, 0.3) is 5.91 Å². The van der Waals surface area contributed by atoms with Crippen LogP contribution in [0.1, 0.15) is 49.5 Å². The highest BCUT2D eigenvalue weighted by Gasteiger charge is 2.22. The second kappa shape index (κ2) is 5.85. The second-order valence-electron chi connectivity index (χ2n) is 5.06. The normalized spacial score (nSPS) is 23.6. The summed E-state index contributed by atoms with van der Waals surface area (Å²) in [6.07, 6.45) is 5.85. The lowest BCUT2D eigenvalue weighted by Crippen LogP contribution is -2.38. The van der Waals surface area contributed by atoms with Crippen molar-refractivity contribution >= 4 is 11.7 Å². The molecule has 0 aliphatic heterocycles. The number of nitrogens with zero attached hydrogens (tertiary/aromatic N) is 1. The van der Waals surface area contributed by atoms with Crippen molar-refractivity contribution in [2.24, 2.45) is 5.92 Å². The van der Waals surface area contributed by atoms with Gasteiger partial charge in [-0.3, -0.25) is 4.79 Å². The number of aromatic nitrogens is 1. The number of pyridine rings is 1. The fourth-order valence-electron chi connectivity index (χ4n) is 2.63. The molecule has 0 bridgehead atoms. The lowest BCUT2D eigenvalue weighted by Gasteiger charge is -2.28. The minimum Gasteiger partial charge on any atom is -0.384 e. The highest BCUT2D eigenvalue weighted by atomic mass is 16.1. The number of nitrogens with one attached hydrogen (secondary N) is 1. The highest BCUT2D eigenvalue weighted by Crippen LogP contribution is 2.26. The van der Waals surface area contributed by atoms with Gasteiger partial charge in [0, 0.05) is 6.04 Å². The third kappa shape index (κ3) is 3.22. The molecule has 1 amide bonds. The Labute approximate surface area is 108 Å². The van der Waals surface area contributed by atoms with Crippen LogP contribution in [-0.2, 0) is 0 Å². The van der Waals surface area contributed by atoms with E-state index in [-0.39, 0.29) is 5.91 Å². The number of hydrogen-bond donors (Lipinski definition) is 2. The van der Waals surface area contributed by atoms with Crippen LogP contribution in [0.15, 0.2) is 18.2 Å². The molecule has 98 valence electrons. The standard InChI is InChI=1S/C14H21N3O/c1-2-10-5-3-6-11(9-10)16-14(18)12-7-4-8-13(15)17-12/h4,7-8,10-11H,2-3,5-6,9H2,1H3,(H2,15,17)(H,16,18). The van der Waals surface area contributed by atoms with E-state index >= 15 is 0 Å². The molecule has 0 aromatic carbocycles. The smallest absolute Gasteiger partial charge is 0.270 e. The Hall–Kier alpha value is -1.58. The second-order valence-corrected chi connectivity index (χ2v) is 5.06. The quantitative estimate of drug-likeness (QED) is 0.861. The van der Waals surface area contributed by atoms with Crippen LogP contribution in [0.5, 0.6) is 0 Å². The van der Waals surface area contributed by atoms with Gasteiger partial charge < -0.3 is 11.1 Å². The zero-order valence-corrected chi connectivity index (χ0v) is 10.9. The largest absolute Gasteiger partial charge is 0.384 e. The average Bonchev–Trinajstić information content (AvgIpc) is 2.39. The number of nitrogens with two attached hydrogens (primary N) is 1. The number of carbonyl (C=O) groups is 1. The summed E-state index contributed by atoms with van der Waals surface area (Å²) >= 11 is 0. The van der Waals surface area contributed by atoms with E-state index < -0.39 is 0 Å². The molecule has 0 radical (unpaired) electrons. The van der Waals surface area contributed by atoms with Crippen LogP contribution in [0.3, 0.4) is 0 Å². The van der Waals surface area contributed by atoms with E-state index in [0.717, 1.165) is 18.8 Å². The van der Waals surface area contributed by atoms with Crippen LogP contribution in [0.2, 0.25) is 0 Å². The Bertz CT molecular complexity index is 419. The lowest BCUT2D eigenvalue weighted by molar-refractivity contribution is 0.0914. The van der Waals surface area contributed by atoms with Crippen molar-refractivity contribution in [1.82, 2.24) is 10.3 Å². The monoisotopic (exact) mass is 247 g/mol. The van der Waals surface area contributed by atoms with E-state index in [1.165, 1.54) is 19.3 Å². The molecule has 1 aliphatic rings.